The molecular formula is C28H28ClFN6O3. The average molecular weight is 551 g/mol. The Kier molecular flexibility index (Phi) is 7.32. The van der Waals surface area contributed by atoms with E-state index in [1.807, 2.05) is 6.07 Å². The van der Waals surface area contributed by atoms with Crippen LogP contribution in [0.5, 0.6) is 11.6 Å². The molecule has 202 valence electrons. The number of hydrogen-bond donors (Lipinski definition) is 2. The maximum Gasteiger partial charge on any atom is 0.253 e. The molecule has 2 fully saturated rings. The molecule has 1 aliphatic heterocycles. The minimum absolute atomic E-state index is 0.176. The minimum Gasteiger partial charge on any atom is -0.439 e. The first-order chi connectivity index (χ1) is 19.0. The number of nitrogens with one attached hydrogen (secondary N) is 2. The highest BCUT2D eigenvalue weighted by molar-refractivity contribution is 6.34. The Balaban J connectivity index is 1.31. The summed E-state index contributed by atoms with van der Waals surface area (Å²) in [5.41, 5.74) is 2.43. The Hall–Kier alpha value is -3.73. The summed E-state index contributed by atoms with van der Waals surface area (Å²) in [6.45, 7) is 4.76. The lowest BCUT2D eigenvalue weighted by molar-refractivity contribution is 0.0398. The van der Waals surface area contributed by atoms with Gasteiger partial charge in [-0.3, -0.25) is 9.69 Å². The van der Waals surface area contributed by atoms with Gasteiger partial charge in [0.2, 0.25) is 5.88 Å². The van der Waals surface area contributed by atoms with E-state index < -0.39 is 5.82 Å². The third-order valence-corrected chi connectivity index (χ3v) is 7.05. The number of halogens is 2. The predicted molar refractivity (Wildman–Crippen MR) is 146 cm³/mol. The second kappa shape index (κ2) is 11.2. The molecule has 6 rings (SSSR count). The molecule has 1 aliphatic carbocycles. The predicted octanol–water partition coefficient (Wildman–Crippen LogP) is 4.62. The summed E-state index contributed by atoms with van der Waals surface area (Å²) in [5, 5.41) is 11.3. The van der Waals surface area contributed by atoms with Crippen molar-refractivity contribution in [3.8, 4) is 22.8 Å². The number of aromatic nitrogens is 3. The van der Waals surface area contributed by atoms with Gasteiger partial charge in [-0.1, -0.05) is 23.7 Å². The average Bonchev–Trinajstić information content (AvgIpc) is 3.64. The summed E-state index contributed by atoms with van der Waals surface area (Å²) >= 11 is 6.53. The summed E-state index contributed by atoms with van der Waals surface area (Å²) in [6, 6.07) is 13.2. The highest BCUT2D eigenvalue weighted by atomic mass is 35.5. The minimum atomic E-state index is -0.400. The maximum absolute atomic E-state index is 13.8. The molecule has 1 saturated carbocycles. The van der Waals surface area contributed by atoms with Crippen molar-refractivity contribution in [1.29, 1.82) is 0 Å². The lowest BCUT2D eigenvalue weighted by atomic mass is 10.1. The fourth-order valence-electron chi connectivity index (χ4n) is 4.50. The number of carbonyl (C=O) groups is 1. The zero-order valence-corrected chi connectivity index (χ0v) is 22.0. The third kappa shape index (κ3) is 5.98. The largest absolute Gasteiger partial charge is 0.439 e. The van der Waals surface area contributed by atoms with Crippen LogP contribution in [-0.2, 0) is 4.74 Å². The van der Waals surface area contributed by atoms with Gasteiger partial charge >= 0.3 is 0 Å². The summed E-state index contributed by atoms with van der Waals surface area (Å²) in [5.74, 6) is 0.724. The number of rotatable bonds is 9. The van der Waals surface area contributed by atoms with Crippen molar-refractivity contribution in [3.05, 3.63) is 71.1 Å². The lowest BCUT2D eigenvalue weighted by Gasteiger charge is -2.26. The summed E-state index contributed by atoms with van der Waals surface area (Å²) in [4.78, 5) is 19.6. The van der Waals surface area contributed by atoms with Crippen molar-refractivity contribution in [3.63, 3.8) is 0 Å². The number of amides is 1. The standard InChI is InChI=1S/C28H28ClFN6O3/c29-24-14-18(4-7-22(24)28(37)33-20-5-6-20)23-17-32-36-25(31-8-9-35-10-12-38-13-11-35)16-26(34-27(23)36)39-21-3-1-2-19(30)15-21/h1-4,7,14-17,20,31H,5-6,8-13H2,(H,33,37). The molecule has 11 heteroatoms. The van der Waals surface area contributed by atoms with Crippen LogP contribution in [0.4, 0.5) is 10.2 Å². The van der Waals surface area contributed by atoms with Crippen molar-refractivity contribution in [2.24, 2.45) is 0 Å². The molecule has 0 spiro atoms. The Bertz CT molecular complexity index is 1500. The number of anilines is 1. The molecule has 0 unspecified atom stereocenters. The summed E-state index contributed by atoms with van der Waals surface area (Å²) < 4.78 is 26.9. The van der Waals surface area contributed by atoms with Gasteiger partial charge in [0.05, 0.1) is 30.0 Å². The van der Waals surface area contributed by atoms with E-state index in [0.717, 1.165) is 51.3 Å². The van der Waals surface area contributed by atoms with Crippen LogP contribution < -0.4 is 15.4 Å². The second-order valence-electron chi connectivity index (χ2n) is 9.66. The third-order valence-electron chi connectivity index (χ3n) is 6.74. The topological polar surface area (TPSA) is 93.0 Å². The molecule has 0 atom stereocenters. The van der Waals surface area contributed by atoms with Crippen LogP contribution in [0.3, 0.4) is 0 Å². The van der Waals surface area contributed by atoms with E-state index in [-0.39, 0.29) is 17.8 Å². The normalized spacial score (nSPS) is 15.8. The number of carbonyl (C=O) groups excluding carboxylic acids is 1. The van der Waals surface area contributed by atoms with Crippen molar-refractivity contribution < 1.29 is 18.7 Å². The molecule has 39 heavy (non-hydrogen) atoms. The van der Waals surface area contributed by atoms with Crippen LogP contribution in [0, 0.1) is 5.82 Å². The molecular weight excluding hydrogens is 523 g/mol. The first kappa shape index (κ1) is 25.5. The Morgan fingerprint density at radius 1 is 1.15 bits per heavy atom. The van der Waals surface area contributed by atoms with Gasteiger partial charge < -0.3 is 20.1 Å². The molecule has 0 radical (unpaired) electrons. The van der Waals surface area contributed by atoms with Gasteiger partial charge in [0.25, 0.3) is 5.91 Å². The van der Waals surface area contributed by atoms with Crippen LogP contribution in [-0.4, -0.2) is 70.8 Å². The zero-order chi connectivity index (χ0) is 26.8. The van der Waals surface area contributed by atoms with Gasteiger partial charge in [0.15, 0.2) is 5.65 Å². The fraction of sp³-hybridized carbons (Fsp3) is 0.321. The van der Waals surface area contributed by atoms with Crippen LogP contribution in [0.2, 0.25) is 5.02 Å². The Morgan fingerprint density at radius 2 is 2.00 bits per heavy atom. The molecule has 2 aliphatic rings. The van der Waals surface area contributed by atoms with Crippen LogP contribution in [0.25, 0.3) is 16.8 Å². The summed E-state index contributed by atoms with van der Waals surface area (Å²) in [6.07, 6.45) is 3.70. The van der Waals surface area contributed by atoms with E-state index in [0.29, 0.717) is 39.9 Å². The van der Waals surface area contributed by atoms with E-state index in [4.69, 9.17) is 26.1 Å². The number of fused-ring (bicyclic) bond motifs is 1. The molecule has 9 nitrogen and oxygen atoms in total. The van der Waals surface area contributed by atoms with E-state index in [9.17, 15) is 9.18 Å². The molecule has 2 aromatic carbocycles. The molecule has 2 N–H and O–H groups in total. The SMILES string of the molecule is O=C(NC1CC1)c1ccc(-c2cnn3c(NCCN4CCOCC4)cc(Oc4cccc(F)c4)nc23)cc1Cl. The smallest absolute Gasteiger partial charge is 0.253 e. The fourth-order valence-corrected chi connectivity index (χ4v) is 4.76. The lowest BCUT2D eigenvalue weighted by Crippen LogP contribution is -2.39. The van der Waals surface area contributed by atoms with Gasteiger partial charge in [0, 0.05) is 49.9 Å². The monoisotopic (exact) mass is 550 g/mol. The molecule has 3 heterocycles. The Labute approximate surface area is 229 Å². The molecule has 2 aromatic heterocycles. The number of morpholine rings is 1. The van der Waals surface area contributed by atoms with Gasteiger partial charge in [-0.2, -0.15) is 14.6 Å². The van der Waals surface area contributed by atoms with Crippen LogP contribution in [0.1, 0.15) is 23.2 Å². The maximum atomic E-state index is 13.8. The van der Waals surface area contributed by atoms with Gasteiger partial charge in [-0.15, -0.1) is 0 Å². The molecule has 4 aromatic rings. The van der Waals surface area contributed by atoms with Crippen LogP contribution >= 0.6 is 11.6 Å². The quantitative estimate of drug-likeness (QED) is 0.314. The van der Waals surface area contributed by atoms with Crippen molar-refractivity contribution >= 4 is 29.0 Å². The molecule has 1 amide bonds. The number of nitrogens with zero attached hydrogens (tertiary/aromatic N) is 4. The zero-order valence-electron chi connectivity index (χ0n) is 21.2. The first-order valence-corrected chi connectivity index (χ1v) is 13.4. The van der Waals surface area contributed by atoms with Crippen LogP contribution in [0.15, 0.2) is 54.7 Å². The van der Waals surface area contributed by atoms with Gasteiger partial charge in [-0.05, 0) is 42.7 Å². The number of ether oxygens (including phenoxy) is 2. The Morgan fingerprint density at radius 3 is 2.77 bits per heavy atom. The highest BCUT2D eigenvalue weighted by Crippen LogP contribution is 2.32. The number of hydrogen-bond acceptors (Lipinski definition) is 7. The molecule has 0 bridgehead atoms. The first-order valence-electron chi connectivity index (χ1n) is 13.0. The van der Waals surface area contributed by atoms with E-state index in [2.05, 4.69) is 20.6 Å². The highest BCUT2D eigenvalue weighted by Gasteiger charge is 2.25. The second-order valence-corrected chi connectivity index (χ2v) is 10.1. The van der Waals surface area contributed by atoms with Crippen molar-refractivity contribution in [2.75, 3.05) is 44.7 Å². The van der Waals surface area contributed by atoms with Crippen molar-refractivity contribution in [1.82, 2.24) is 24.8 Å². The van der Waals surface area contributed by atoms with E-state index >= 15 is 0 Å². The van der Waals surface area contributed by atoms with Gasteiger partial charge in [-0.25, -0.2) is 4.39 Å². The number of benzene rings is 2. The van der Waals surface area contributed by atoms with E-state index in [1.165, 1.54) is 12.1 Å². The van der Waals surface area contributed by atoms with Gasteiger partial charge in [0.1, 0.15) is 17.4 Å². The van der Waals surface area contributed by atoms with Crippen molar-refractivity contribution in [2.45, 2.75) is 18.9 Å². The summed E-state index contributed by atoms with van der Waals surface area (Å²) in [7, 11) is 0. The van der Waals surface area contributed by atoms with E-state index in [1.54, 1.807) is 41.0 Å². The molecule has 1 saturated heterocycles.